The number of hydrogen-bond acceptors (Lipinski definition) is 11. The molecule has 0 fully saturated rings. The van der Waals surface area contributed by atoms with Crippen molar-refractivity contribution in [1.82, 2.24) is 10.3 Å². The van der Waals surface area contributed by atoms with Gasteiger partial charge in [0.15, 0.2) is 16.9 Å². The molecule has 1 aliphatic heterocycles. The molecule has 0 unspecified atom stereocenters. The van der Waals surface area contributed by atoms with Crippen molar-refractivity contribution in [2.45, 2.75) is 37.8 Å². The van der Waals surface area contributed by atoms with Crippen molar-refractivity contribution in [3.63, 3.8) is 0 Å². The highest BCUT2D eigenvalue weighted by atomic mass is 32.2. The molecule has 0 bridgehead atoms. The summed E-state index contributed by atoms with van der Waals surface area (Å²) >= 11 is 2.05. The van der Waals surface area contributed by atoms with Crippen molar-refractivity contribution in [3.05, 3.63) is 11.1 Å². The molecule has 1 aliphatic rings. The lowest BCUT2D eigenvalue weighted by atomic mass is 10.1. The third-order valence-corrected chi connectivity index (χ3v) is 6.25. The van der Waals surface area contributed by atoms with Crippen molar-refractivity contribution in [1.29, 1.82) is 0 Å². The number of aliphatic imine (C=N–C) groups is 1. The average Bonchev–Trinajstić information content (AvgIpc) is 3.12. The Bertz CT molecular complexity index is 989. The quantitative estimate of drug-likeness (QED) is 0.233. The second-order valence-electron chi connectivity index (χ2n) is 7.15. The predicted molar refractivity (Wildman–Crippen MR) is 116 cm³/mol. The second-order valence-corrected chi connectivity index (χ2v) is 9.19. The van der Waals surface area contributed by atoms with E-state index >= 15 is 0 Å². The zero-order valence-electron chi connectivity index (χ0n) is 17.1. The fraction of sp³-hybridized carbons (Fsp3) is 0.471. The number of nitrogens with two attached hydrogens (primary N) is 1. The van der Waals surface area contributed by atoms with Crippen LogP contribution in [-0.2, 0) is 24.0 Å². The van der Waals surface area contributed by atoms with Gasteiger partial charge in [0, 0.05) is 17.1 Å². The van der Waals surface area contributed by atoms with Crippen molar-refractivity contribution in [3.8, 4) is 0 Å². The van der Waals surface area contributed by atoms with Crippen LogP contribution in [0, 0.1) is 5.92 Å². The summed E-state index contributed by atoms with van der Waals surface area (Å²) in [5.74, 6) is -5.25. The summed E-state index contributed by atoms with van der Waals surface area (Å²) < 4.78 is 0. The minimum absolute atomic E-state index is 0.0602. The Labute approximate surface area is 189 Å². The number of nitrogens with one attached hydrogen (secondary N) is 1. The van der Waals surface area contributed by atoms with Crippen LogP contribution in [0.4, 0.5) is 5.13 Å². The first-order valence-electron chi connectivity index (χ1n) is 9.00. The van der Waals surface area contributed by atoms with Gasteiger partial charge in [-0.25, -0.2) is 19.4 Å². The van der Waals surface area contributed by atoms with Crippen LogP contribution < -0.4 is 11.1 Å². The number of carbonyl (C=O) groups is 4. The molecule has 2 rings (SSSR count). The van der Waals surface area contributed by atoms with Crippen molar-refractivity contribution in [2.75, 3.05) is 11.5 Å². The van der Waals surface area contributed by atoms with E-state index in [1.165, 1.54) is 19.2 Å². The molecule has 0 aliphatic carbocycles. The van der Waals surface area contributed by atoms with Crippen LogP contribution in [-0.4, -0.2) is 78.3 Å². The average molecular weight is 488 g/mol. The summed E-state index contributed by atoms with van der Waals surface area (Å²) in [5, 5.41) is 34.2. The van der Waals surface area contributed by atoms with E-state index in [4.69, 9.17) is 10.6 Å². The Hall–Kier alpha value is -3.20. The van der Waals surface area contributed by atoms with E-state index in [9.17, 15) is 34.5 Å². The number of carboxylic acid groups (broad SMARTS) is 3. The molecule has 32 heavy (non-hydrogen) atoms. The summed E-state index contributed by atoms with van der Waals surface area (Å²) in [6.07, 6.45) is 0. The van der Waals surface area contributed by atoms with Crippen LogP contribution in [0.15, 0.2) is 15.5 Å². The maximum absolute atomic E-state index is 12.9. The van der Waals surface area contributed by atoms with E-state index < -0.39 is 52.5 Å². The SMILES string of the molecule is C[C@H]1CS[C@H]([C@H](NC(=O)/C(=N\OC(C)(C)C(=O)O)c2csc(N)n2)C(=O)O)N=C1C(=O)O. The van der Waals surface area contributed by atoms with E-state index in [0.29, 0.717) is 0 Å². The van der Waals surface area contributed by atoms with Gasteiger partial charge in [0.2, 0.25) is 5.60 Å². The van der Waals surface area contributed by atoms with Gasteiger partial charge in [0.1, 0.15) is 16.8 Å². The van der Waals surface area contributed by atoms with Crippen LogP contribution in [0.25, 0.3) is 0 Å². The Balaban J connectivity index is 2.36. The van der Waals surface area contributed by atoms with Gasteiger partial charge in [-0.05, 0) is 13.8 Å². The zero-order chi connectivity index (χ0) is 24.2. The van der Waals surface area contributed by atoms with Gasteiger partial charge >= 0.3 is 17.9 Å². The number of aliphatic carboxylic acids is 3. The van der Waals surface area contributed by atoms with Crippen LogP contribution in [0.1, 0.15) is 26.5 Å². The molecule has 0 saturated heterocycles. The molecule has 1 aromatic heterocycles. The lowest BCUT2D eigenvalue weighted by Gasteiger charge is -2.27. The van der Waals surface area contributed by atoms with Crippen LogP contribution in [0.3, 0.4) is 0 Å². The number of rotatable bonds is 9. The third-order valence-electron chi connectivity index (χ3n) is 4.17. The molecule has 6 N–H and O–H groups in total. The Morgan fingerprint density at radius 3 is 2.47 bits per heavy atom. The predicted octanol–water partition coefficient (Wildman–Crippen LogP) is 0.113. The molecule has 0 spiro atoms. The highest BCUT2D eigenvalue weighted by Crippen LogP contribution is 2.27. The minimum Gasteiger partial charge on any atom is -0.480 e. The van der Waals surface area contributed by atoms with Gasteiger partial charge in [-0.2, -0.15) is 0 Å². The van der Waals surface area contributed by atoms with Crippen LogP contribution in [0.2, 0.25) is 0 Å². The molecule has 1 aromatic rings. The smallest absolute Gasteiger partial charge is 0.350 e. The number of anilines is 1. The molecular weight excluding hydrogens is 466 g/mol. The summed E-state index contributed by atoms with van der Waals surface area (Å²) in [4.78, 5) is 60.2. The largest absolute Gasteiger partial charge is 0.480 e. The summed E-state index contributed by atoms with van der Waals surface area (Å²) in [6, 6.07) is -1.61. The molecule has 3 atom stereocenters. The highest BCUT2D eigenvalue weighted by Gasteiger charge is 2.37. The maximum atomic E-state index is 12.9. The Morgan fingerprint density at radius 1 is 1.31 bits per heavy atom. The first kappa shape index (κ1) is 25.1. The number of carbonyl (C=O) groups excluding carboxylic acids is 1. The Kier molecular flexibility index (Phi) is 7.79. The molecule has 2 heterocycles. The summed E-state index contributed by atoms with van der Waals surface area (Å²) in [7, 11) is 0. The number of thioether (sulfide) groups is 1. The van der Waals surface area contributed by atoms with Gasteiger partial charge in [-0.1, -0.05) is 12.1 Å². The molecule has 174 valence electrons. The van der Waals surface area contributed by atoms with E-state index in [0.717, 1.165) is 23.1 Å². The van der Waals surface area contributed by atoms with Gasteiger partial charge < -0.3 is 31.2 Å². The lowest BCUT2D eigenvalue weighted by molar-refractivity contribution is -0.161. The number of hydrogen-bond donors (Lipinski definition) is 5. The number of nitrogen functional groups attached to an aromatic ring is 1. The standard InChI is InChI=1S/C17H21N5O8S2/c1-6-4-31-12(21-8(6)13(24)25)10(14(26)27)20-11(23)9(7-5-32-16(18)19-7)22-30-17(2,3)15(28)29/h5-6,10,12H,4H2,1-3H3,(H2,18,19)(H,20,23)(H,24,25)(H,26,27)(H,28,29)/b22-9-/t6-,10-,12+/m0/s1. The fourth-order valence-electron chi connectivity index (χ4n) is 2.32. The highest BCUT2D eigenvalue weighted by molar-refractivity contribution is 8.00. The number of nitrogens with zero attached hydrogens (tertiary/aromatic N) is 3. The molecular formula is C17H21N5O8S2. The third kappa shape index (κ3) is 5.94. The van der Waals surface area contributed by atoms with Gasteiger partial charge in [-0.15, -0.1) is 23.1 Å². The van der Waals surface area contributed by atoms with Gasteiger partial charge in [0.05, 0.1) is 0 Å². The van der Waals surface area contributed by atoms with Crippen LogP contribution >= 0.6 is 23.1 Å². The van der Waals surface area contributed by atoms with Crippen molar-refractivity contribution >= 4 is 63.5 Å². The molecule has 0 radical (unpaired) electrons. The minimum atomic E-state index is -1.80. The lowest BCUT2D eigenvalue weighted by Crippen LogP contribution is -2.51. The normalized spacial score (nSPS) is 20.1. The van der Waals surface area contributed by atoms with Gasteiger partial charge in [0.25, 0.3) is 5.91 Å². The van der Waals surface area contributed by atoms with E-state index in [1.807, 2.05) is 0 Å². The van der Waals surface area contributed by atoms with Crippen LogP contribution in [0.5, 0.6) is 0 Å². The number of amides is 1. The molecule has 0 saturated carbocycles. The first-order valence-corrected chi connectivity index (χ1v) is 10.9. The van der Waals surface area contributed by atoms with Crippen molar-refractivity contribution < 1.29 is 39.3 Å². The van der Waals surface area contributed by atoms with E-state index in [-0.39, 0.29) is 22.3 Å². The van der Waals surface area contributed by atoms with Crippen molar-refractivity contribution in [2.24, 2.45) is 16.1 Å². The summed E-state index contributed by atoms with van der Waals surface area (Å²) in [5.41, 5.74) is 3.03. The maximum Gasteiger partial charge on any atom is 0.350 e. The number of oxime groups is 1. The molecule has 1 amide bonds. The van der Waals surface area contributed by atoms with Gasteiger partial charge in [-0.3, -0.25) is 9.79 Å². The van der Waals surface area contributed by atoms with E-state index in [1.54, 1.807) is 6.92 Å². The van der Waals surface area contributed by atoms with E-state index in [2.05, 4.69) is 20.4 Å². The molecule has 15 heteroatoms. The summed E-state index contributed by atoms with van der Waals surface area (Å²) in [6.45, 7) is 4.04. The monoisotopic (exact) mass is 487 g/mol. The Morgan fingerprint density at radius 2 is 1.97 bits per heavy atom. The molecule has 13 nitrogen and oxygen atoms in total. The fourth-order valence-corrected chi connectivity index (χ4v) is 4.08. The number of thiazole rings is 1. The second kappa shape index (κ2) is 9.95. The zero-order valence-corrected chi connectivity index (χ0v) is 18.8. The first-order chi connectivity index (χ1) is 14.8. The topological polar surface area (TPSA) is 214 Å². The molecule has 0 aromatic carbocycles. The number of carboxylic acids is 3. The number of aromatic nitrogens is 1.